The van der Waals surface area contributed by atoms with Crippen LogP contribution < -0.4 is 10.3 Å². The Balaban J connectivity index is 1.83. The van der Waals surface area contributed by atoms with Crippen LogP contribution in [0.5, 0.6) is 5.75 Å². The normalized spacial score (nSPS) is 10.5. The molecule has 3 aromatic carbocycles. The zero-order valence-corrected chi connectivity index (χ0v) is 11.6. The summed E-state index contributed by atoms with van der Waals surface area (Å²) in [5.41, 5.74) is 5.50. The van der Waals surface area contributed by atoms with E-state index >= 15 is 0 Å². The molecule has 0 amide bonds. The zero-order chi connectivity index (χ0) is 14.3. The maximum absolute atomic E-state index is 5.73. The van der Waals surface area contributed by atoms with Crippen LogP contribution in [-0.2, 0) is 0 Å². The number of nitrogens with one attached hydrogen (secondary N) is 1. The minimum Gasteiger partial charge on any atom is -0.408 e. The van der Waals surface area contributed by atoms with Gasteiger partial charge in [-0.25, -0.2) is 0 Å². The highest BCUT2D eigenvalue weighted by Gasteiger charge is 2.13. The lowest BCUT2D eigenvalue weighted by Gasteiger charge is -2.19. The molecule has 0 radical (unpaired) electrons. The third-order valence-corrected chi connectivity index (χ3v) is 3.30. The second kappa shape index (κ2) is 6.73. The first-order valence-electron chi connectivity index (χ1n) is 7.01. The van der Waals surface area contributed by atoms with Crippen molar-refractivity contribution >= 4 is 0 Å². The molecule has 21 heavy (non-hydrogen) atoms. The number of benzene rings is 3. The summed E-state index contributed by atoms with van der Waals surface area (Å²) in [6.45, 7) is 0. The third kappa shape index (κ3) is 3.50. The average Bonchev–Trinajstić information content (AvgIpc) is 2.58. The van der Waals surface area contributed by atoms with E-state index in [2.05, 4.69) is 29.7 Å². The van der Waals surface area contributed by atoms with Crippen molar-refractivity contribution in [2.24, 2.45) is 0 Å². The summed E-state index contributed by atoms with van der Waals surface area (Å²) in [4.78, 5) is 5.73. The molecule has 0 aromatic heterocycles. The third-order valence-electron chi connectivity index (χ3n) is 3.30. The van der Waals surface area contributed by atoms with Crippen molar-refractivity contribution in [1.82, 2.24) is 5.48 Å². The van der Waals surface area contributed by atoms with Crippen molar-refractivity contribution in [2.75, 3.05) is 0 Å². The molecular formula is C19H17NO. The summed E-state index contributed by atoms with van der Waals surface area (Å²) >= 11 is 0. The highest BCUT2D eigenvalue weighted by atomic mass is 16.6. The van der Waals surface area contributed by atoms with E-state index in [4.69, 9.17) is 4.84 Å². The van der Waals surface area contributed by atoms with Crippen LogP contribution in [0.15, 0.2) is 91.0 Å². The molecule has 3 aromatic rings. The SMILES string of the molecule is c1ccc(ONC(c2ccccc2)c2ccccc2)cc1. The van der Waals surface area contributed by atoms with Gasteiger partial charge in [-0.1, -0.05) is 78.9 Å². The average molecular weight is 275 g/mol. The molecule has 0 unspecified atom stereocenters. The molecule has 0 fully saturated rings. The summed E-state index contributed by atoms with van der Waals surface area (Å²) < 4.78 is 0. The summed E-state index contributed by atoms with van der Waals surface area (Å²) in [6.07, 6.45) is 0. The second-order valence-corrected chi connectivity index (χ2v) is 4.79. The van der Waals surface area contributed by atoms with Crippen molar-refractivity contribution in [3.05, 3.63) is 102 Å². The molecule has 0 aliphatic carbocycles. The second-order valence-electron chi connectivity index (χ2n) is 4.79. The molecule has 0 saturated heterocycles. The molecule has 0 spiro atoms. The molecule has 2 nitrogen and oxygen atoms in total. The summed E-state index contributed by atoms with van der Waals surface area (Å²) in [6, 6.07) is 30.3. The van der Waals surface area contributed by atoms with Crippen LogP contribution in [0.1, 0.15) is 17.2 Å². The van der Waals surface area contributed by atoms with Gasteiger partial charge in [0.1, 0.15) is 5.75 Å². The smallest absolute Gasteiger partial charge is 0.147 e. The van der Waals surface area contributed by atoms with Gasteiger partial charge in [0, 0.05) is 0 Å². The van der Waals surface area contributed by atoms with Crippen molar-refractivity contribution < 1.29 is 4.84 Å². The highest BCUT2D eigenvalue weighted by Crippen LogP contribution is 2.22. The van der Waals surface area contributed by atoms with E-state index in [9.17, 15) is 0 Å². The predicted molar refractivity (Wildman–Crippen MR) is 84.9 cm³/mol. The maximum Gasteiger partial charge on any atom is 0.147 e. The standard InChI is InChI=1S/C19H17NO/c1-4-10-16(11-5-1)19(17-12-6-2-7-13-17)20-21-18-14-8-3-9-15-18/h1-15,19-20H. The lowest BCUT2D eigenvalue weighted by molar-refractivity contribution is 0.170. The van der Waals surface area contributed by atoms with Crippen LogP contribution in [0.25, 0.3) is 0 Å². The van der Waals surface area contributed by atoms with Crippen LogP contribution in [0.4, 0.5) is 0 Å². The van der Waals surface area contributed by atoms with Gasteiger partial charge in [0.05, 0.1) is 6.04 Å². The number of hydroxylamine groups is 1. The Labute approximate surface area is 125 Å². The van der Waals surface area contributed by atoms with E-state index in [1.54, 1.807) is 0 Å². The summed E-state index contributed by atoms with van der Waals surface area (Å²) in [7, 11) is 0. The van der Waals surface area contributed by atoms with Crippen molar-refractivity contribution in [2.45, 2.75) is 6.04 Å². The Morgan fingerprint density at radius 1 is 0.571 bits per heavy atom. The molecule has 3 rings (SSSR count). The van der Waals surface area contributed by atoms with E-state index in [1.165, 1.54) is 11.1 Å². The molecule has 104 valence electrons. The van der Waals surface area contributed by atoms with Gasteiger partial charge in [-0.2, -0.15) is 0 Å². The highest BCUT2D eigenvalue weighted by molar-refractivity contribution is 5.31. The number of para-hydroxylation sites is 1. The molecular weight excluding hydrogens is 258 g/mol. The Hall–Kier alpha value is -2.58. The molecule has 2 heteroatoms. The number of hydrogen-bond acceptors (Lipinski definition) is 2. The van der Waals surface area contributed by atoms with E-state index in [0.717, 1.165) is 5.75 Å². The fraction of sp³-hybridized carbons (Fsp3) is 0.0526. The van der Waals surface area contributed by atoms with Gasteiger partial charge < -0.3 is 4.84 Å². The largest absolute Gasteiger partial charge is 0.408 e. The van der Waals surface area contributed by atoms with Crippen LogP contribution >= 0.6 is 0 Å². The van der Waals surface area contributed by atoms with Crippen LogP contribution in [0, 0.1) is 0 Å². The minimum absolute atomic E-state index is 0.00685. The quantitative estimate of drug-likeness (QED) is 0.699. The summed E-state index contributed by atoms with van der Waals surface area (Å²) in [5, 5.41) is 0. The van der Waals surface area contributed by atoms with Crippen LogP contribution in [0.2, 0.25) is 0 Å². The van der Waals surface area contributed by atoms with Crippen molar-refractivity contribution in [3.63, 3.8) is 0 Å². The van der Waals surface area contributed by atoms with Gasteiger partial charge in [-0.3, -0.25) is 0 Å². The van der Waals surface area contributed by atoms with Crippen molar-refractivity contribution in [1.29, 1.82) is 0 Å². The van der Waals surface area contributed by atoms with Gasteiger partial charge in [-0.05, 0) is 23.3 Å². The predicted octanol–water partition coefficient (Wildman–Crippen LogP) is 4.36. The van der Waals surface area contributed by atoms with Crippen LogP contribution in [-0.4, -0.2) is 0 Å². The minimum atomic E-state index is -0.00685. The van der Waals surface area contributed by atoms with Gasteiger partial charge in [0.15, 0.2) is 0 Å². The molecule has 0 bridgehead atoms. The lowest BCUT2D eigenvalue weighted by atomic mass is 10.00. The first-order chi connectivity index (χ1) is 10.4. The van der Waals surface area contributed by atoms with E-state index in [-0.39, 0.29) is 6.04 Å². The van der Waals surface area contributed by atoms with E-state index in [1.807, 2.05) is 66.7 Å². The van der Waals surface area contributed by atoms with Crippen LogP contribution in [0.3, 0.4) is 0 Å². The van der Waals surface area contributed by atoms with Gasteiger partial charge >= 0.3 is 0 Å². The van der Waals surface area contributed by atoms with E-state index in [0.29, 0.717) is 0 Å². The molecule has 1 N–H and O–H groups in total. The fourth-order valence-corrected chi connectivity index (χ4v) is 2.24. The van der Waals surface area contributed by atoms with Gasteiger partial charge in [0.25, 0.3) is 0 Å². The topological polar surface area (TPSA) is 21.3 Å². The molecule has 0 saturated carbocycles. The number of hydrogen-bond donors (Lipinski definition) is 1. The Morgan fingerprint density at radius 3 is 1.48 bits per heavy atom. The first kappa shape index (κ1) is 13.4. The fourth-order valence-electron chi connectivity index (χ4n) is 2.24. The van der Waals surface area contributed by atoms with Crippen molar-refractivity contribution in [3.8, 4) is 5.75 Å². The first-order valence-corrected chi connectivity index (χ1v) is 7.01. The maximum atomic E-state index is 5.73. The summed E-state index contributed by atoms with van der Waals surface area (Å²) in [5.74, 6) is 0.800. The van der Waals surface area contributed by atoms with Gasteiger partial charge in [-0.15, -0.1) is 5.48 Å². The van der Waals surface area contributed by atoms with E-state index < -0.39 is 0 Å². The Morgan fingerprint density at radius 2 is 1.00 bits per heavy atom. The zero-order valence-electron chi connectivity index (χ0n) is 11.6. The molecule has 0 aliphatic heterocycles. The molecule has 0 atom stereocenters. The number of rotatable bonds is 5. The Bertz CT molecular complexity index is 613. The van der Waals surface area contributed by atoms with Gasteiger partial charge in [0.2, 0.25) is 0 Å². The molecule has 0 aliphatic rings. The monoisotopic (exact) mass is 275 g/mol. The molecule has 0 heterocycles. The lowest BCUT2D eigenvalue weighted by Crippen LogP contribution is -2.25. The Kier molecular flexibility index (Phi) is 4.30.